The fraction of sp³-hybridized carbons (Fsp3) is 0.125. The maximum atomic E-state index is 9.82. The van der Waals surface area contributed by atoms with Gasteiger partial charge >= 0.3 is 0 Å². The smallest absolute Gasteiger partial charge is 0.144 e. The predicted molar refractivity (Wildman–Crippen MR) is 113 cm³/mol. The molecule has 2 aromatic carbocycles. The van der Waals surface area contributed by atoms with Gasteiger partial charge in [0.05, 0.1) is 0 Å². The normalized spacial score (nSPS) is 12.8. The number of pyridine rings is 1. The number of nitrogens with zero attached hydrogens (tertiary/aromatic N) is 3. The largest absolute Gasteiger partial charge is 0.325 e. The summed E-state index contributed by atoms with van der Waals surface area (Å²) in [5.41, 5.74) is 5.32. The molecule has 0 saturated carbocycles. The Morgan fingerprint density at radius 2 is 1.45 bits per heavy atom. The van der Waals surface area contributed by atoms with E-state index in [2.05, 4.69) is 12.6 Å². The average Bonchev–Trinajstić information content (AvgIpc) is 2.98. The maximum Gasteiger partial charge on any atom is 0.144 e. The number of rotatable bonds is 4. The number of nitrogens with one attached hydrogen (secondary N) is 2. The Morgan fingerprint density at radius 3 is 2.00 bits per heavy atom. The Bertz CT molecular complexity index is 1210. The van der Waals surface area contributed by atoms with Gasteiger partial charge in [-0.05, 0) is 18.1 Å². The third kappa shape index (κ3) is 3.05. The van der Waals surface area contributed by atoms with E-state index in [9.17, 15) is 5.26 Å². The van der Waals surface area contributed by atoms with E-state index < -0.39 is 0 Å². The lowest BCUT2D eigenvalue weighted by molar-refractivity contribution is 0.587. The van der Waals surface area contributed by atoms with E-state index in [0.717, 1.165) is 22.4 Å². The van der Waals surface area contributed by atoms with Crippen LogP contribution in [0.2, 0.25) is 0 Å². The molecule has 0 spiro atoms. The quantitative estimate of drug-likeness (QED) is 0.718. The highest BCUT2D eigenvalue weighted by Gasteiger charge is 2.34. The van der Waals surface area contributed by atoms with Gasteiger partial charge in [0.2, 0.25) is 0 Å². The Labute approximate surface area is 169 Å². The summed E-state index contributed by atoms with van der Waals surface area (Å²) in [6, 6.07) is 22.0. The van der Waals surface area contributed by atoms with Gasteiger partial charge in [0.25, 0.3) is 0 Å². The summed E-state index contributed by atoms with van der Waals surface area (Å²) in [4.78, 5) is 1.82. The minimum Gasteiger partial charge on any atom is -0.325 e. The first-order valence-corrected chi connectivity index (χ1v) is 9.38. The van der Waals surface area contributed by atoms with Crippen LogP contribution in [0.3, 0.4) is 0 Å². The summed E-state index contributed by atoms with van der Waals surface area (Å²) in [7, 11) is 0. The van der Waals surface area contributed by atoms with Crippen molar-refractivity contribution in [3.63, 3.8) is 0 Å². The number of benzene rings is 2. The molecule has 0 atom stereocenters. The summed E-state index contributed by atoms with van der Waals surface area (Å²) >= 11 is 0. The van der Waals surface area contributed by atoms with E-state index >= 15 is 0 Å². The molecule has 4 rings (SSSR count). The van der Waals surface area contributed by atoms with E-state index in [0.29, 0.717) is 24.4 Å². The lowest BCUT2D eigenvalue weighted by Gasteiger charge is -2.20. The highest BCUT2D eigenvalue weighted by molar-refractivity contribution is 6.12. The SMILES string of the molecule is C=C1c2c(c(C#N)c(=N)n(Cc3ccccc3)c2C)C(=N)N1Cc1ccccc1. The Hall–Kier alpha value is -3.91. The maximum absolute atomic E-state index is 9.82. The van der Waals surface area contributed by atoms with Crippen LogP contribution in [0, 0.1) is 29.1 Å². The molecule has 0 amide bonds. The monoisotopic (exact) mass is 379 g/mol. The number of nitriles is 1. The lowest BCUT2D eigenvalue weighted by Crippen LogP contribution is -2.29. The van der Waals surface area contributed by atoms with E-state index in [1.807, 2.05) is 77.1 Å². The highest BCUT2D eigenvalue weighted by Crippen LogP contribution is 2.35. The third-order valence-electron chi connectivity index (χ3n) is 5.37. The Balaban J connectivity index is 1.83. The van der Waals surface area contributed by atoms with E-state index in [-0.39, 0.29) is 16.9 Å². The van der Waals surface area contributed by atoms with Crippen molar-refractivity contribution in [2.75, 3.05) is 0 Å². The van der Waals surface area contributed by atoms with Crippen LogP contribution >= 0.6 is 0 Å². The van der Waals surface area contributed by atoms with Crippen LogP contribution in [0.25, 0.3) is 5.70 Å². The molecule has 0 aliphatic carbocycles. The molecule has 0 bridgehead atoms. The number of hydrogen-bond donors (Lipinski definition) is 2. The number of fused-ring (bicyclic) bond motifs is 1. The molecule has 0 radical (unpaired) electrons. The van der Waals surface area contributed by atoms with Crippen LogP contribution in [0.15, 0.2) is 67.2 Å². The van der Waals surface area contributed by atoms with E-state index in [4.69, 9.17) is 10.8 Å². The summed E-state index contributed by atoms with van der Waals surface area (Å²) in [5, 5.41) is 27.2. The zero-order chi connectivity index (χ0) is 20.5. The van der Waals surface area contributed by atoms with Gasteiger partial charge in [-0.1, -0.05) is 67.2 Å². The predicted octanol–water partition coefficient (Wildman–Crippen LogP) is 4.01. The molecule has 29 heavy (non-hydrogen) atoms. The minimum atomic E-state index is 0.131. The molecule has 2 heterocycles. The second-order valence-corrected chi connectivity index (χ2v) is 7.11. The van der Waals surface area contributed by atoms with Gasteiger partial charge < -0.3 is 9.47 Å². The van der Waals surface area contributed by atoms with Crippen LogP contribution in [0.4, 0.5) is 0 Å². The van der Waals surface area contributed by atoms with Gasteiger partial charge in [0.1, 0.15) is 23.0 Å². The molecule has 0 fully saturated rings. The van der Waals surface area contributed by atoms with Gasteiger partial charge in [-0.2, -0.15) is 5.26 Å². The van der Waals surface area contributed by atoms with Crippen LogP contribution in [0.5, 0.6) is 0 Å². The standard InChI is InChI=1S/C24H21N5/c1-16-21-17(2)29(15-19-11-7-4-8-12-19)24(27)22(21)20(13-25)23(26)28(16)14-18-9-5-3-6-10-18/h3-12,26-27H,2,14-15H2,1H3. The molecule has 0 saturated heterocycles. The highest BCUT2D eigenvalue weighted by atomic mass is 15.2. The molecule has 1 aliphatic rings. The summed E-state index contributed by atoms with van der Waals surface area (Å²) in [5.74, 6) is 0.230. The van der Waals surface area contributed by atoms with E-state index in [1.165, 1.54) is 0 Å². The van der Waals surface area contributed by atoms with Crippen molar-refractivity contribution < 1.29 is 0 Å². The topological polar surface area (TPSA) is 79.7 Å². The fourth-order valence-electron chi connectivity index (χ4n) is 3.87. The minimum absolute atomic E-state index is 0.131. The van der Waals surface area contributed by atoms with Crippen LogP contribution in [-0.2, 0) is 13.1 Å². The summed E-state index contributed by atoms with van der Waals surface area (Å²) < 4.78 is 1.83. The summed E-state index contributed by atoms with van der Waals surface area (Å²) in [6.45, 7) is 7.17. The van der Waals surface area contributed by atoms with Crippen molar-refractivity contribution in [2.45, 2.75) is 20.0 Å². The second-order valence-electron chi connectivity index (χ2n) is 7.11. The molecular weight excluding hydrogens is 358 g/mol. The first-order chi connectivity index (χ1) is 14.0. The average molecular weight is 379 g/mol. The Morgan fingerprint density at radius 1 is 0.897 bits per heavy atom. The number of hydrogen-bond acceptors (Lipinski definition) is 3. The summed E-state index contributed by atoms with van der Waals surface area (Å²) in [6.07, 6.45) is 0. The Kier molecular flexibility index (Phi) is 4.61. The number of amidine groups is 1. The van der Waals surface area contributed by atoms with Crippen molar-refractivity contribution in [1.29, 1.82) is 16.1 Å². The zero-order valence-electron chi connectivity index (χ0n) is 16.2. The van der Waals surface area contributed by atoms with Crippen molar-refractivity contribution in [2.24, 2.45) is 0 Å². The lowest BCUT2D eigenvalue weighted by atomic mass is 10.0. The first kappa shape index (κ1) is 18.5. The van der Waals surface area contributed by atoms with Gasteiger partial charge in [0, 0.05) is 35.6 Å². The number of aromatic nitrogens is 1. The fourth-order valence-corrected chi connectivity index (χ4v) is 3.87. The third-order valence-corrected chi connectivity index (χ3v) is 5.37. The molecule has 3 aromatic rings. The molecule has 1 aliphatic heterocycles. The zero-order valence-corrected chi connectivity index (χ0v) is 16.2. The van der Waals surface area contributed by atoms with Gasteiger partial charge in [-0.25, -0.2) is 0 Å². The van der Waals surface area contributed by atoms with Crippen LogP contribution < -0.4 is 5.49 Å². The second kappa shape index (κ2) is 7.25. The van der Waals surface area contributed by atoms with Crippen molar-refractivity contribution in [3.05, 3.63) is 106 Å². The van der Waals surface area contributed by atoms with Crippen molar-refractivity contribution in [1.82, 2.24) is 9.47 Å². The molecule has 5 heteroatoms. The van der Waals surface area contributed by atoms with E-state index in [1.54, 1.807) is 0 Å². The van der Waals surface area contributed by atoms with Crippen molar-refractivity contribution in [3.8, 4) is 6.07 Å². The molecule has 1 aromatic heterocycles. The van der Waals surface area contributed by atoms with Crippen LogP contribution in [-0.4, -0.2) is 15.3 Å². The molecule has 0 unspecified atom stereocenters. The van der Waals surface area contributed by atoms with Crippen LogP contribution in [0.1, 0.15) is 33.5 Å². The van der Waals surface area contributed by atoms with Crippen molar-refractivity contribution >= 4 is 11.5 Å². The molecule has 142 valence electrons. The first-order valence-electron chi connectivity index (χ1n) is 9.38. The van der Waals surface area contributed by atoms with Gasteiger partial charge in [0.15, 0.2) is 0 Å². The molecular formula is C24H21N5. The molecule has 5 nitrogen and oxygen atoms in total. The van der Waals surface area contributed by atoms with Gasteiger partial charge in [-0.3, -0.25) is 10.8 Å². The van der Waals surface area contributed by atoms with Gasteiger partial charge in [-0.15, -0.1) is 0 Å². The molecule has 2 N–H and O–H groups in total.